The highest BCUT2D eigenvalue weighted by Crippen LogP contribution is 2.62. The zero-order valence-electron chi connectivity index (χ0n) is 38.1. The Balaban J connectivity index is 1.39. The second-order valence-corrected chi connectivity index (χ2v) is 18.9. The van der Waals surface area contributed by atoms with Crippen molar-refractivity contribution in [1.29, 1.82) is 0 Å². The van der Waals surface area contributed by atoms with Crippen LogP contribution in [-0.2, 0) is 21.0 Å². The Bertz CT molecular complexity index is 2120. The highest BCUT2D eigenvalue weighted by molar-refractivity contribution is 7.98. The van der Waals surface area contributed by atoms with Gasteiger partial charge in [0.2, 0.25) is 11.7 Å². The number of fused-ring (bicyclic) bond motifs is 2. The number of carbonyl (C=O) groups is 1. The average Bonchev–Trinajstić information content (AvgIpc) is 3.85. The van der Waals surface area contributed by atoms with Gasteiger partial charge in [0.05, 0.1) is 23.2 Å². The Morgan fingerprint density at radius 1 is 1.00 bits per heavy atom. The molecule has 6 atom stereocenters. The summed E-state index contributed by atoms with van der Waals surface area (Å²) in [4.78, 5) is 35.2. The van der Waals surface area contributed by atoms with Gasteiger partial charge in [0.1, 0.15) is 29.9 Å². The monoisotopic (exact) mass is 909 g/mol. The summed E-state index contributed by atoms with van der Waals surface area (Å²) in [6, 6.07) is 19.8. The first-order valence-electron chi connectivity index (χ1n) is 23.8. The van der Waals surface area contributed by atoms with Crippen LogP contribution in [0, 0.1) is 33.8 Å². The molecule has 1 heterocycles. The van der Waals surface area contributed by atoms with Gasteiger partial charge in [0, 0.05) is 61.1 Å². The lowest BCUT2D eigenvalue weighted by Gasteiger charge is -2.60. The van der Waals surface area contributed by atoms with Crippen LogP contribution in [0.2, 0.25) is 0 Å². The summed E-state index contributed by atoms with van der Waals surface area (Å²) in [6.07, 6.45) is 17.8. The van der Waals surface area contributed by atoms with Crippen LogP contribution >= 0.6 is 11.8 Å². The molecule has 65 heavy (non-hydrogen) atoms. The number of nitro benzene ring substituents is 1. The molecule has 0 unspecified atom stereocenters. The third kappa shape index (κ3) is 11.3. The normalized spacial score (nSPS) is 24.1. The molecule has 1 aliphatic heterocycles. The minimum Gasteiger partial charge on any atom is -0.459 e. The van der Waals surface area contributed by atoms with E-state index in [0.29, 0.717) is 55.4 Å². The predicted octanol–water partition coefficient (Wildman–Crippen LogP) is 11.2. The molecule has 7 rings (SSSR count). The van der Waals surface area contributed by atoms with Crippen LogP contribution in [0.25, 0.3) is 0 Å². The van der Waals surface area contributed by atoms with Crippen molar-refractivity contribution in [1.82, 2.24) is 4.90 Å². The van der Waals surface area contributed by atoms with E-state index >= 15 is 0 Å². The van der Waals surface area contributed by atoms with Gasteiger partial charge in [0.25, 0.3) is 5.69 Å². The number of unbranched alkanes of at least 4 members (excludes halogenated alkanes) is 2. The van der Waals surface area contributed by atoms with Crippen molar-refractivity contribution >= 4 is 29.1 Å². The number of hydrogen-bond donors (Lipinski definition) is 2. The van der Waals surface area contributed by atoms with E-state index in [2.05, 4.69) is 25.6 Å². The van der Waals surface area contributed by atoms with Gasteiger partial charge in [-0.25, -0.2) is 0 Å². The second-order valence-electron chi connectivity index (χ2n) is 18.0. The molecular formula is C52H67N3O9S. The van der Waals surface area contributed by atoms with Crippen molar-refractivity contribution in [3.8, 4) is 17.2 Å². The minimum absolute atomic E-state index is 0.00140. The Morgan fingerprint density at radius 3 is 2.40 bits per heavy atom. The standard InChI is InChI=1S/C52H67N3O9S/c1-4-28-54(49(58)27-18-36-12-6-7-13-36)48-34-46(53-62-35-37-16-19-39(20-17-37)55(59)60)44-32-38(14-8-10-29-56)43(15-9-11-30-57)50-45-33-41(63-40-21-24-42(65-3)25-22-40)23-26-47(45)64-52(48,51(44)50)61-31-5-2/h5,16-17,19-26,32-33,36,38,43,48,50-51,56-57H,2,4,6-15,18,27-31,34-35H2,1,3H3/t38-,43+,48-,50+,51+,52+/m0/s1. The van der Waals surface area contributed by atoms with Gasteiger partial charge >= 0.3 is 0 Å². The third-order valence-electron chi connectivity index (χ3n) is 13.9. The summed E-state index contributed by atoms with van der Waals surface area (Å²) >= 11 is 1.67. The average molecular weight is 910 g/mol. The number of benzene rings is 3. The maximum Gasteiger partial charge on any atom is 0.269 e. The first-order chi connectivity index (χ1) is 31.7. The van der Waals surface area contributed by atoms with Gasteiger partial charge in [0.15, 0.2) is 0 Å². The molecule has 2 N–H and O–H groups in total. The number of carbonyl (C=O) groups excluding carboxylic acids is 1. The lowest BCUT2D eigenvalue weighted by Crippen LogP contribution is -2.70. The van der Waals surface area contributed by atoms with Crippen LogP contribution < -0.4 is 9.47 Å². The van der Waals surface area contributed by atoms with Gasteiger partial charge in [-0.05, 0) is 128 Å². The van der Waals surface area contributed by atoms with E-state index in [9.17, 15) is 25.1 Å². The largest absolute Gasteiger partial charge is 0.459 e. The van der Waals surface area contributed by atoms with Crippen molar-refractivity contribution in [2.24, 2.45) is 28.8 Å². The molecule has 3 aromatic rings. The lowest BCUT2D eigenvalue weighted by atomic mass is 9.55. The Morgan fingerprint density at radius 2 is 1.72 bits per heavy atom. The maximum absolute atomic E-state index is 14.8. The fourth-order valence-electron chi connectivity index (χ4n) is 10.9. The second kappa shape index (κ2) is 23.2. The first-order valence-corrected chi connectivity index (χ1v) is 25.0. The molecular weight excluding hydrogens is 843 g/mol. The Hall–Kier alpha value is -4.69. The predicted molar refractivity (Wildman–Crippen MR) is 254 cm³/mol. The zero-order chi connectivity index (χ0) is 45.8. The van der Waals surface area contributed by atoms with Crippen molar-refractivity contribution in [2.45, 2.75) is 126 Å². The summed E-state index contributed by atoms with van der Waals surface area (Å²) in [5, 5.41) is 36.3. The molecule has 0 spiro atoms. The van der Waals surface area contributed by atoms with Crippen LogP contribution in [0.15, 0.2) is 101 Å². The fourth-order valence-corrected chi connectivity index (χ4v) is 11.3. The van der Waals surface area contributed by atoms with Crippen molar-refractivity contribution in [3.63, 3.8) is 0 Å². The van der Waals surface area contributed by atoms with Crippen molar-refractivity contribution in [3.05, 3.63) is 112 Å². The Labute approximate surface area is 388 Å². The molecule has 350 valence electrons. The highest BCUT2D eigenvalue weighted by Gasteiger charge is 2.65. The maximum atomic E-state index is 14.8. The number of oxime groups is 1. The third-order valence-corrected chi connectivity index (χ3v) is 14.6. The van der Waals surface area contributed by atoms with E-state index in [1.165, 1.54) is 25.0 Å². The molecule has 0 radical (unpaired) electrons. The molecule has 2 saturated carbocycles. The van der Waals surface area contributed by atoms with Crippen LogP contribution in [0.5, 0.6) is 17.2 Å². The van der Waals surface area contributed by atoms with E-state index < -0.39 is 22.7 Å². The number of amides is 1. The van der Waals surface area contributed by atoms with Crippen LogP contribution in [0.4, 0.5) is 5.69 Å². The van der Waals surface area contributed by atoms with Gasteiger partial charge in [-0.1, -0.05) is 62.8 Å². The number of hydrogen-bond acceptors (Lipinski definition) is 11. The van der Waals surface area contributed by atoms with E-state index in [-0.39, 0.29) is 55.8 Å². The van der Waals surface area contributed by atoms with E-state index in [1.54, 1.807) is 30.0 Å². The highest BCUT2D eigenvalue weighted by atomic mass is 32.2. The summed E-state index contributed by atoms with van der Waals surface area (Å²) in [7, 11) is 0. The quantitative estimate of drug-likeness (QED) is 0.0292. The molecule has 0 aromatic heterocycles. The number of rotatable bonds is 24. The molecule has 0 bridgehead atoms. The summed E-state index contributed by atoms with van der Waals surface area (Å²) in [6.45, 7) is 7.14. The molecule has 0 saturated heterocycles. The Kier molecular flexibility index (Phi) is 17.2. The van der Waals surface area contributed by atoms with Crippen LogP contribution in [0.3, 0.4) is 0 Å². The van der Waals surface area contributed by atoms with E-state index in [0.717, 1.165) is 78.7 Å². The van der Waals surface area contributed by atoms with Crippen LogP contribution in [0.1, 0.15) is 114 Å². The molecule has 3 aromatic carbocycles. The molecule has 1 amide bonds. The lowest BCUT2D eigenvalue weighted by molar-refractivity contribution is -0.384. The minimum atomic E-state index is -1.34. The van der Waals surface area contributed by atoms with Gasteiger partial charge in [-0.3, -0.25) is 14.9 Å². The SMILES string of the molecule is C=CCO[C@@]12Oc3ccc(Oc4ccc(SC)cc4)cc3[C@H]3[C@H](CCCCO)[C@@H](CCCCO)C=C(C(=NOCc4ccc([N+](=O)[O-])cc4)C[C@@H]1N(CCC)C(=O)CCC1CCCC1)[C@H]32. The molecule has 12 nitrogen and oxygen atoms in total. The van der Waals surface area contributed by atoms with Crippen molar-refractivity contribution < 1.29 is 39.0 Å². The fraction of sp³-hybridized carbons (Fsp3) is 0.538. The topological polar surface area (TPSA) is 153 Å². The smallest absolute Gasteiger partial charge is 0.269 e. The number of thioether (sulfide) groups is 1. The number of allylic oxidation sites excluding steroid dienone is 1. The molecule has 4 aliphatic rings. The van der Waals surface area contributed by atoms with Gasteiger partial charge in [-0.2, -0.15) is 0 Å². The summed E-state index contributed by atoms with van der Waals surface area (Å²) in [5.74, 6) is 0.852. The number of aliphatic hydroxyl groups excluding tert-OH is 2. The number of nitrogens with zero attached hydrogens (tertiary/aromatic N) is 3. The molecule has 13 heteroatoms. The molecule has 2 fully saturated rings. The van der Waals surface area contributed by atoms with E-state index in [4.69, 9.17) is 24.2 Å². The zero-order valence-corrected chi connectivity index (χ0v) is 38.9. The number of non-ortho nitro benzene ring substituents is 1. The first kappa shape index (κ1) is 48.2. The number of nitro groups is 1. The number of ether oxygens (including phenoxy) is 3. The summed E-state index contributed by atoms with van der Waals surface area (Å²) in [5.41, 5.74) is 3.38. The molecule has 3 aliphatic carbocycles. The van der Waals surface area contributed by atoms with E-state index in [1.807, 2.05) is 47.6 Å². The van der Waals surface area contributed by atoms with Crippen molar-refractivity contribution in [2.75, 3.05) is 32.6 Å². The summed E-state index contributed by atoms with van der Waals surface area (Å²) < 4.78 is 21.2. The van der Waals surface area contributed by atoms with Gasteiger partial charge < -0.3 is 34.2 Å². The number of aliphatic hydroxyl groups is 2. The van der Waals surface area contributed by atoms with Gasteiger partial charge in [-0.15, -0.1) is 18.3 Å². The van der Waals surface area contributed by atoms with Crippen LogP contribution in [-0.4, -0.2) is 76.1 Å².